The van der Waals surface area contributed by atoms with Crippen molar-refractivity contribution in [2.45, 2.75) is 40.7 Å². The summed E-state index contributed by atoms with van der Waals surface area (Å²) in [6.45, 7) is 15.4. The molecule has 3 aromatic rings. The first-order chi connectivity index (χ1) is 16.5. The predicted molar refractivity (Wildman–Crippen MR) is 149 cm³/mol. The van der Waals surface area contributed by atoms with Crippen molar-refractivity contribution in [1.82, 2.24) is 14.8 Å². The third kappa shape index (κ3) is 6.09. The molecule has 1 aliphatic heterocycles. The lowest BCUT2D eigenvalue weighted by Gasteiger charge is -2.37. The second-order valence-electron chi connectivity index (χ2n) is 9.30. The third-order valence-electron chi connectivity index (χ3n) is 7.22. The Morgan fingerprint density at radius 2 is 1.66 bits per heavy atom. The molecule has 1 aliphatic rings. The Balaban J connectivity index is 0.00000342. The summed E-state index contributed by atoms with van der Waals surface area (Å²) in [5.74, 6) is 0.0293. The molecule has 0 bridgehead atoms. The lowest BCUT2D eigenvalue weighted by atomic mass is 10.1. The van der Waals surface area contributed by atoms with Gasteiger partial charge in [0.15, 0.2) is 0 Å². The highest BCUT2D eigenvalue weighted by Crippen LogP contribution is 2.26. The van der Waals surface area contributed by atoms with Crippen molar-refractivity contribution in [2.75, 3.05) is 44.2 Å². The van der Waals surface area contributed by atoms with Crippen LogP contribution >= 0.6 is 12.4 Å². The van der Waals surface area contributed by atoms with Crippen LogP contribution in [0.4, 0.5) is 5.69 Å². The normalized spacial score (nSPS) is 14.0. The van der Waals surface area contributed by atoms with Gasteiger partial charge in [-0.3, -0.25) is 9.69 Å². The molecule has 2 aromatic carbocycles. The van der Waals surface area contributed by atoms with E-state index in [1.807, 2.05) is 31.2 Å². The summed E-state index contributed by atoms with van der Waals surface area (Å²) in [7, 11) is 0. The van der Waals surface area contributed by atoms with E-state index in [0.717, 1.165) is 68.2 Å². The minimum atomic E-state index is 0. The molecule has 0 unspecified atom stereocenters. The zero-order valence-corrected chi connectivity index (χ0v) is 22.3. The van der Waals surface area contributed by atoms with Crippen molar-refractivity contribution < 1.29 is 4.79 Å². The molecule has 1 aromatic heterocycles. The molecule has 0 radical (unpaired) electrons. The Kier molecular flexibility index (Phi) is 9.41. The number of nitrogens with one attached hydrogen (secondary N) is 1. The number of hydrogen-bond acceptors (Lipinski definition) is 3. The van der Waals surface area contributed by atoms with Crippen molar-refractivity contribution in [3.63, 3.8) is 0 Å². The summed E-state index contributed by atoms with van der Waals surface area (Å²) in [4.78, 5) is 18.0. The van der Waals surface area contributed by atoms with Gasteiger partial charge in [-0.05, 0) is 69.5 Å². The maximum absolute atomic E-state index is 12.9. The maximum atomic E-state index is 12.9. The molecule has 0 spiro atoms. The Bertz CT molecular complexity index is 1120. The number of halogens is 1. The molecular formula is C29H39ClN4O. The number of carbonyl (C=O) groups excluding carboxylic acids is 1. The van der Waals surface area contributed by atoms with Gasteiger partial charge in [-0.2, -0.15) is 0 Å². The lowest BCUT2D eigenvalue weighted by Crippen LogP contribution is -2.47. The Labute approximate surface area is 216 Å². The molecule has 4 rings (SSSR count). The Morgan fingerprint density at radius 1 is 0.943 bits per heavy atom. The molecular weight excluding hydrogens is 456 g/mol. The molecule has 188 valence electrons. The van der Waals surface area contributed by atoms with Crippen LogP contribution in [0.1, 0.15) is 40.5 Å². The van der Waals surface area contributed by atoms with E-state index < -0.39 is 0 Å². The van der Waals surface area contributed by atoms with Crippen molar-refractivity contribution in [1.29, 1.82) is 0 Å². The quantitative estimate of drug-likeness (QED) is 0.422. The minimum absolute atomic E-state index is 0. The summed E-state index contributed by atoms with van der Waals surface area (Å²) < 4.78 is 2.22. The van der Waals surface area contributed by atoms with E-state index in [1.54, 1.807) is 0 Å². The van der Waals surface area contributed by atoms with Crippen LogP contribution in [0.25, 0.3) is 11.3 Å². The van der Waals surface area contributed by atoms with E-state index in [2.05, 4.69) is 70.8 Å². The van der Waals surface area contributed by atoms with Gasteiger partial charge in [0.05, 0.1) is 5.56 Å². The number of hydrogen-bond donors (Lipinski definition) is 1. The molecule has 0 atom stereocenters. The van der Waals surface area contributed by atoms with Crippen molar-refractivity contribution in [3.8, 4) is 11.3 Å². The average molecular weight is 495 g/mol. The van der Waals surface area contributed by atoms with Gasteiger partial charge in [-0.1, -0.05) is 42.5 Å². The Morgan fingerprint density at radius 3 is 2.34 bits per heavy atom. The number of piperazine rings is 1. The second-order valence-corrected chi connectivity index (χ2v) is 9.30. The van der Waals surface area contributed by atoms with Gasteiger partial charge in [-0.15, -0.1) is 12.4 Å². The summed E-state index contributed by atoms with van der Waals surface area (Å²) in [6.07, 6.45) is 0.967. The number of benzene rings is 2. The van der Waals surface area contributed by atoms with E-state index >= 15 is 0 Å². The van der Waals surface area contributed by atoms with Gasteiger partial charge in [0, 0.05) is 56.3 Å². The first-order valence-electron chi connectivity index (χ1n) is 12.6. The van der Waals surface area contributed by atoms with Crippen LogP contribution in [0.2, 0.25) is 0 Å². The molecule has 1 fully saturated rings. The van der Waals surface area contributed by atoms with Crippen LogP contribution in [0, 0.1) is 20.8 Å². The van der Waals surface area contributed by atoms with Crippen molar-refractivity contribution in [3.05, 3.63) is 77.0 Å². The van der Waals surface area contributed by atoms with Crippen LogP contribution in [0.15, 0.2) is 54.6 Å². The number of rotatable bonds is 8. The summed E-state index contributed by atoms with van der Waals surface area (Å²) in [5.41, 5.74) is 8.18. The fourth-order valence-electron chi connectivity index (χ4n) is 5.02. The van der Waals surface area contributed by atoms with Crippen LogP contribution in [-0.2, 0) is 6.54 Å². The Hall–Kier alpha value is -2.76. The number of anilines is 1. The fraction of sp³-hybridized carbons (Fsp3) is 0.414. The SMILES string of the molecule is CCn1c(-c2ccccc2)cc(C(=O)NCCCN2CCN(c3cccc(C)c3C)CC2)c1C.Cl. The number of aromatic nitrogens is 1. The van der Waals surface area contributed by atoms with Crippen molar-refractivity contribution >= 4 is 24.0 Å². The third-order valence-corrected chi connectivity index (χ3v) is 7.22. The zero-order valence-electron chi connectivity index (χ0n) is 21.5. The lowest BCUT2D eigenvalue weighted by molar-refractivity contribution is 0.0950. The fourth-order valence-corrected chi connectivity index (χ4v) is 5.02. The van der Waals surface area contributed by atoms with Crippen LogP contribution in [-0.4, -0.2) is 54.6 Å². The molecule has 6 heteroatoms. The topological polar surface area (TPSA) is 40.5 Å². The van der Waals surface area contributed by atoms with Gasteiger partial charge in [-0.25, -0.2) is 0 Å². The van der Waals surface area contributed by atoms with E-state index in [1.165, 1.54) is 16.8 Å². The van der Waals surface area contributed by atoms with Gasteiger partial charge in [0.25, 0.3) is 5.91 Å². The highest BCUT2D eigenvalue weighted by atomic mass is 35.5. The van der Waals surface area contributed by atoms with E-state index in [0.29, 0.717) is 6.54 Å². The summed E-state index contributed by atoms with van der Waals surface area (Å²) in [6, 6.07) is 18.9. The zero-order chi connectivity index (χ0) is 24.1. The number of aryl methyl sites for hydroxylation is 1. The van der Waals surface area contributed by atoms with Crippen molar-refractivity contribution in [2.24, 2.45) is 0 Å². The molecule has 0 saturated carbocycles. The highest BCUT2D eigenvalue weighted by Gasteiger charge is 2.20. The first kappa shape index (κ1) is 26.8. The summed E-state index contributed by atoms with van der Waals surface area (Å²) >= 11 is 0. The molecule has 35 heavy (non-hydrogen) atoms. The summed E-state index contributed by atoms with van der Waals surface area (Å²) in [5, 5.41) is 3.15. The van der Waals surface area contributed by atoms with Crippen LogP contribution in [0.3, 0.4) is 0 Å². The standard InChI is InChI=1S/C29H38N4O.ClH/c1-5-33-24(4)26(21-28(33)25-12-7-6-8-13-25)29(34)30-15-10-16-31-17-19-32(20-18-31)27-14-9-11-22(2)23(27)3;/h6-9,11-14,21H,5,10,15-20H2,1-4H3,(H,30,34);1H. The first-order valence-corrected chi connectivity index (χ1v) is 12.6. The number of amides is 1. The van der Waals surface area contributed by atoms with Crippen LogP contribution < -0.4 is 10.2 Å². The highest BCUT2D eigenvalue weighted by molar-refractivity contribution is 5.97. The van der Waals surface area contributed by atoms with E-state index in [9.17, 15) is 4.79 Å². The molecule has 1 N–H and O–H groups in total. The van der Waals surface area contributed by atoms with Crippen LogP contribution in [0.5, 0.6) is 0 Å². The van der Waals surface area contributed by atoms with Gasteiger partial charge in [0.1, 0.15) is 0 Å². The van der Waals surface area contributed by atoms with Gasteiger partial charge < -0.3 is 14.8 Å². The smallest absolute Gasteiger partial charge is 0.253 e. The van der Waals surface area contributed by atoms with E-state index in [4.69, 9.17) is 0 Å². The molecule has 2 heterocycles. The molecule has 5 nitrogen and oxygen atoms in total. The minimum Gasteiger partial charge on any atom is -0.369 e. The monoisotopic (exact) mass is 494 g/mol. The van der Waals surface area contributed by atoms with E-state index in [-0.39, 0.29) is 18.3 Å². The van der Waals surface area contributed by atoms with Gasteiger partial charge in [0.2, 0.25) is 0 Å². The second kappa shape index (κ2) is 12.3. The maximum Gasteiger partial charge on any atom is 0.253 e. The average Bonchev–Trinajstić information content (AvgIpc) is 3.20. The largest absolute Gasteiger partial charge is 0.369 e. The predicted octanol–water partition coefficient (Wildman–Crippen LogP) is 5.46. The number of nitrogens with zero attached hydrogens (tertiary/aromatic N) is 3. The molecule has 1 amide bonds. The molecule has 1 saturated heterocycles. The number of carbonyl (C=O) groups is 1. The van der Waals surface area contributed by atoms with Gasteiger partial charge >= 0.3 is 0 Å². The molecule has 0 aliphatic carbocycles.